The summed E-state index contributed by atoms with van der Waals surface area (Å²) in [5.74, 6) is 0. The van der Waals surface area contributed by atoms with E-state index in [1.807, 2.05) is 18.2 Å². The molecular weight excluding hydrogens is 263 g/mol. The van der Waals surface area contributed by atoms with Crippen LogP contribution < -0.4 is 4.90 Å². The average Bonchev–Trinajstić information content (AvgIpc) is 2.28. The van der Waals surface area contributed by atoms with E-state index >= 15 is 0 Å². The minimum atomic E-state index is -4.09. The fraction of sp³-hybridized carbons (Fsp3) is 0.400. The van der Waals surface area contributed by atoms with Gasteiger partial charge in [0.1, 0.15) is 0 Å². The minimum absolute atomic E-state index is 0.358. The maximum atomic E-state index is 11.1. The van der Waals surface area contributed by atoms with Crippen LogP contribution in [0.1, 0.15) is 0 Å². The van der Waals surface area contributed by atoms with Gasteiger partial charge in [0, 0.05) is 36.9 Å². The van der Waals surface area contributed by atoms with Gasteiger partial charge in [-0.3, -0.25) is 0 Å². The van der Waals surface area contributed by atoms with Gasteiger partial charge in [-0.2, -0.15) is 0 Å². The van der Waals surface area contributed by atoms with E-state index in [-0.39, 0.29) is 0 Å². The summed E-state index contributed by atoms with van der Waals surface area (Å²) in [6.45, 7) is 1.89. The number of hydrogen-bond acceptors (Lipinski definition) is 2. The maximum Gasteiger partial charge on any atom is 0.403 e. The van der Waals surface area contributed by atoms with Crippen molar-refractivity contribution in [3.63, 3.8) is 0 Å². The molecule has 7 heteroatoms. The molecular formula is C10H14ClN2O3P. The van der Waals surface area contributed by atoms with Gasteiger partial charge >= 0.3 is 7.75 Å². The van der Waals surface area contributed by atoms with Crippen LogP contribution in [0.25, 0.3) is 0 Å². The highest BCUT2D eigenvalue weighted by Gasteiger charge is 2.29. The van der Waals surface area contributed by atoms with Crippen LogP contribution in [0.4, 0.5) is 5.69 Å². The summed E-state index contributed by atoms with van der Waals surface area (Å²) in [5.41, 5.74) is 0.989. The molecule has 0 atom stereocenters. The van der Waals surface area contributed by atoms with Crippen molar-refractivity contribution in [1.29, 1.82) is 0 Å². The van der Waals surface area contributed by atoms with Gasteiger partial charge in [-0.15, -0.1) is 0 Å². The highest BCUT2D eigenvalue weighted by molar-refractivity contribution is 7.49. The molecule has 1 aliphatic rings. The molecule has 1 saturated heterocycles. The van der Waals surface area contributed by atoms with Crippen molar-refractivity contribution in [1.82, 2.24) is 4.67 Å². The number of anilines is 1. The molecule has 0 unspecified atom stereocenters. The average molecular weight is 277 g/mol. The highest BCUT2D eigenvalue weighted by Crippen LogP contribution is 2.40. The third kappa shape index (κ3) is 3.21. The number of rotatable bonds is 2. The minimum Gasteiger partial charge on any atom is -0.369 e. The Morgan fingerprint density at radius 1 is 1.18 bits per heavy atom. The number of hydrogen-bond donors (Lipinski definition) is 2. The second-order valence-corrected chi connectivity index (χ2v) is 5.96. The van der Waals surface area contributed by atoms with Crippen LogP contribution in [-0.4, -0.2) is 40.6 Å². The molecule has 5 nitrogen and oxygen atoms in total. The van der Waals surface area contributed by atoms with Gasteiger partial charge in [-0.05, 0) is 18.2 Å². The van der Waals surface area contributed by atoms with E-state index in [0.29, 0.717) is 31.2 Å². The van der Waals surface area contributed by atoms with Crippen molar-refractivity contribution < 1.29 is 14.4 Å². The van der Waals surface area contributed by atoms with E-state index in [0.717, 1.165) is 5.69 Å². The molecule has 0 radical (unpaired) electrons. The lowest BCUT2D eigenvalue weighted by molar-refractivity contribution is 0.261. The lowest BCUT2D eigenvalue weighted by atomic mass is 10.2. The molecule has 2 N–H and O–H groups in total. The first-order valence-corrected chi connectivity index (χ1v) is 7.22. The SMILES string of the molecule is O=P(O)(O)N1CCN(c2cccc(Cl)c2)CC1. The summed E-state index contributed by atoms with van der Waals surface area (Å²) in [7, 11) is -4.09. The van der Waals surface area contributed by atoms with E-state index in [4.69, 9.17) is 21.4 Å². The fourth-order valence-corrected chi connectivity index (χ4v) is 2.77. The Kier molecular flexibility index (Phi) is 3.76. The number of benzene rings is 1. The summed E-state index contributed by atoms with van der Waals surface area (Å²) in [6.07, 6.45) is 0. The van der Waals surface area contributed by atoms with Crippen LogP contribution in [0, 0.1) is 0 Å². The predicted octanol–water partition coefficient (Wildman–Crippen LogP) is 1.55. The summed E-state index contributed by atoms with van der Waals surface area (Å²) in [4.78, 5) is 20.1. The van der Waals surface area contributed by atoms with Crippen molar-refractivity contribution in [2.45, 2.75) is 0 Å². The third-order valence-electron chi connectivity index (χ3n) is 2.80. The fourth-order valence-electron chi connectivity index (χ4n) is 1.89. The molecule has 0 amide bonds. The predicted molar refractivity (Wildman–Crippen MR) is 67.3 cm³/mol. The zero-order valence-corrected chi connectivity index (χ0v) is 10.8. The lowest BCUT2D eigenvalue weighted by Gasteiger charge is -2.35. The summed E-state index contributed by atoms with van der Waals surface area (Å²) < 4.78 is 12.3. The molecule has 0 aliphatic carbocycles. The Balaban J connectivity index is 2.02. The van der Waals surface area contributed by atoms with Crippen molar-refractivity contribution in [2.75, 3.05) is 31.1 Å². The number of nitrogens with zero attached hydrogens (tertiary/aromatic N) is 2. The van der Waals surface area contributed by atoms with E-state index in [1.165, 1.54) is 4.67 Å². The molecule has 17 heavy (non-hydrogen) atoms. The molecule has 1 aromatic carbocycles. The van der Waals surface area contributed by atoms with Gasteiger partial charge in [0.2, 0.25) is 0 Å². The van der Waals surface area contributed by atoms with Gasteiger partial charge < -0.3 is 14.7 Å². The largest absolute Gasteiger partial charge is 0.403 e. The van der Waals surface area contributed by atoms with E-state index in [1.54, 1.807) is 6.07 Å². The third-order valence-corrected chi connectivity index (χ3v) is 4.17. The zero-order chi connectivity index (χ0) is 12.5. The number of piperazine rings is 1. The molecule has 0 aromatic heterocycles. The zero-order valence-electron chi connectivity index (χ0n) is 9.16. The van der Waals surface area contributed by atoms with Crippen molar-refractivity contribution >= 4 is 25.0 Å². The standard InChI is InChI=1S/C10H14ClN2O3P/c11-9-2-1-3-10(8-9)12-4-6-13(7-5-12)17(14,15)16/h1-3,8H,4-7H2,(H2,14,15,16). The quantitative estimate of drug-likeness (QED) is 0.803. The molecule has 1 heterocycles. The Bertz CT molecular complexity index is 443. The van der Waals surface area contributed by atoms with E-state index < -0.39 is 7.75 Å². The highest BCUT2D eigenvalue weighted by atomic mass is 35.5. The topological polar surface area (TPSA) is 64.0 Å². The Morgan fingerprint density at radius 2 is 1.82 bits per heavy atom. The van der Waals surface area contributed by atoms with Gasteiger partial charge in [0.15, 0.2) is 0 Å². The van der Waals surface area contributed by atoms with Crippen LogP contribution >= 0.6 is 19.3 Å². The maximum absolute atomic E-state index is 11.1. The van der Waals surface area contributed by atoms with Gasteiger partial charge in [0.25, 0.3) is 0 Å². The molecule has 0 bridgehead atoms. The van der Waals surface area contributed by atoms with Crippen LogP contribution in [0.15, 0.2) is 24.3 Å². The van der Waals surface area contributed by atoms with Crippen molar-refractivity contribution in [2.24, 2.45) is 0 Å². The lowest BCUT2D eigenvalue weighted by Crippen LogP contribution is -2.44. The molecule has 94 valence electrons. The van der Waals surface area contributed by atoms with Crippen LogP contribution in [-0.2, 0) is 4.57 Å². The summed E-state index contributed by atoms with van der Waals surface area (Å²) in [6, 6.07) is 7.47. The van der Waals surface area contributed by atoms with Crippen LogP contribution in [0.5, 0.6) is 0 Å². The molecule has 2 rings (SSSR count). The van der Waals surface area contributed by atoms with Crippen LogP contribution in [0.2, 0.25) is 5.02 Å². The van der Waals surface area contributed by atoms with Crippen molar-refractivity contribution in [3.8, 4) is 0 Å². The molecule has 1 aromatic rings. The van der Waals surface area contributed by atoms with Gasteiger partial charge in [-0.1, -0.05) is 17.7 Å². The first-order chi connectivity index (χ1) is 7.97. The monoisotopic (exact) mass is 276 g/mol. The Labute approximate surface area is 105 Å². The molecule has 1 fully saturated rings. The normalized spacial score (nSPS) is 18.4. The van der Waals surface area contributed by atoms with Gasteiger partial charge in [-0.25, -0.2) is 9.24 Å². The van der Waals surface area contributed by atoms with E-state index in [9.17, 15) is 4.57 Å². The first-order valence-electron chi connectivity index (χ1n) is 5.28. The van der Waals surface area contributed by atoms with Crippen molar-refractivity contribution in [3.05, 3.63) is 29.3 Å². The Morgan fingerprint density at radius 3 is 2.35 bits per heavy atom. The second kappa shape index (κ2) is 4.96. The summed E-state index contributed by atoms with van der Waals surface area (Å²) >= 11 is 5.90. The van der Waals surface area contributed by atoms with Crippen LogP contribution in [0.3, 0.4) is 0 Å². The number of halogens is 1. The van der Waals surface area contributed by atoms with Gasteiger partial charge in [0.05, 0.1) is 0 Å². The Hall–Kier alpha value is -0.580. The summed E-state index contributed by atoms with van der Waals surface area (Å²) in [5, 5.41) is 0.667. The first kappa shape index (κ1) is 12.9. The molecule has 1 aliphatic heterocycles. The molecule has 0 saturated carbocycles. The molecule has 0 spiro atoms. The van der Waals surface area contributed by atoms with E-state index in [2.05, 4.69) is 4.90 Å². The smallest absolute Gasteiger partial charge is 0.369 e. The second-order valence-electron chi connectivity index (χ2n) is 3.93.